The Bertz CT molecular complexity index is 1120. The van der Waals surface area contributed by atoms with Crippen molar-refractivity contribution in [3.8, 4) is 11.3 Å². The summed E-state index contributed by atoms with van der Waals surface area (Å²) in [6.45, 7) is 2.07. The smallest absolute Gasteiger partial charge is 0.251 e. The van der Waals surface area contributed by atoms with E-state index in [1.165, 1.54) is 5.56 Å². The van der Waals surface area contributed by atoms with Gasteiger partial charge in [0, 0.05) is 23.9 Å². The third-order valence-corrected chi connectivity index (χ3v) is 4.30. The Labute approximate surface area is 156 Å². The molecule has 0 unspecified atom stereocenters. The fraction of sp³-hybridized carbons (Fsp3) is 0.0952. The minimum absolute atomic E-state index is 0.116. The van der Waals surface area contributed by atoms with Gasteiger partial charge in [0.15, 0.2) is 5.65 Å². The SMILES string of the molecule is CNC(=O)c1ccc(Nc2nc3cccc(-c4cccc(C)c4)n3n2)cc1. The minimum atomic E-state index is -0.116. The Morgan fingerprint density at radius 1 is 1.00 bits per heavy atom. The number of benzene rings is 2. The Hall–Kier alpha value is -3.67. The van der Waals surface area contributed by atoms with Crippen molar-refractivity contribution in [2.75, 3.05) is 12.4 Å². The minimum Gasteiger partial charge on any atom is -0.355 e. The number of hydrogen-bond acceptors (Lipinski definition) is 4. The third-order valence-electron chi connectivity index (χ3n) is 4.30. The highest BCUT2D eigenvalue weighted by Gasteiger charge is 2.10. The number of anilines is 2. The molecule has 6 nitrogen and oxygen atoms in total. The number of hydrogen-bond donors (Lipinski definition) is 2. The van der Waals surface area contributed by atoms with Gasteiger partial charge in [-0.05, 0) is 49.4 Å². The molecule has 0 spiro atoms. The zero-order valence-electron chi connectivity index (χ0n) is 15.1. The van der Waals surface area contributed by atoms with Crippen molar-refractivity contribution in [1.82, 2.24) is 19.9 Å². The molecule has 0 aliphatic rings. The summed E-state index contributed by atoms with van der Waals surface area (Å²) in [7, 11) is 1.61. The van der Waals surface area contributed by atoms with Gasteiger partial charge < -0.3 is 10.6 Å². The number of rotatable bonds is 4. The number of aryl methyl sites for hydroxylation is 1. The molecule has 0 aliphatic carbocycles. The number of carbonyl (C=O) groups is 1. The van der Waals surface area contributed by atoms with Crippen molar-refractivity contribution in [2.45, 2.75) is 6.92 Å². The van der Waals surface area contributed by atoms with E-state index in [2.05, 4.69) is 45.8 Å². The van der Waals surface area contributed by atoms with Crippen molar-refractivity contribution in [2.24, 2.45) is 0 Å². The fourth-order valence-corrected chi connectivity index (χ4v) is 2.96. The summed E-state index contributed by atoms with van der Waals surface area (Å²) in [4.78, 5) is 16.2. The summed E-state index contributed by atoms with van der Waals surface area (Å²) in [5.74, 6) is 0.387. The fourth-order valence-electron chi connectivity index (χ4n) is 2.96. The van der Waals surface area contributed by atoms with E-state index in [1.54, 1.807) is 19.2 Å². The average Bonchev–Trinajstić information content (AvgIpc) is 3.10. The van der Waals surface area contributed by atoms with Crippen LogP contribution in [0, 0.1) is 6.92 Å². The zero-order valence-corrected chi connectivity index (χ0v) is 15.1. The summed E-state index contributed by atoms with van der Waals surface area (Å²) in [5.41, 5.74) is 5.44. The van der Waals surface area contributed by atoms with E-state index in [1.807, 2.05) is 40.9 Å². The maximum Gasteiger partial charge on any atom is 0.251 e. The lowest BCUT2D eigenvalue weighted by Gasteiger charge is -2.05. The van der Waals surface area contributed by atoms with Crippen LogP contribution < -0.4 is 10.6 Å². The molecule has 0 aliphatic heterocycles. The standard InChI is InChI=1S/C21H19N5O/c1-14-5-3-6-16(13-14)18-7-4-8-19-24-21(25-26(18)19)23-17-11-9-15(10-12-17)20(27)22-2/h3-13H,1-2H3,(H,22,27)(H,23,25). The number of carbonyl (C=O) groups excluding carboxylic acids is 1. The van der Waals surface area contributed by atoms with E-state index in [0.29, 0.717) is 11.5 Å². The lowest BCUT2D eigenvalue weighted by molar-refractivity contribution is 0.0963. The highest BCUT2D eigenvalue weighted by molar-refractivity contribution is 5.94. The topological polar surface area (TPSA) is 71.3 Å². The molecule has 0 saturated carbocycles. The molecular weight excluding hydrogens is 338 g/mol. The summed E-state index contributed by atoms with van der Waals surface area (Å²) < 4.78 is 1.83. The number of pyridine rings is 1. The second-order valence-corrected chi connectivity index (χ2v) is 6.27. The van der Waals surface area contributed by atoms with Crippen LogP contribution >= 0.6 is 0 Å². The molecule has 0 fully saturated rings. The number of fused-ring (bicyclic) bond motifs is 1. The van der Waals surface area contributed by atoms with Crippen LogP contribution in [-0.4, -0.2) is 27.6 Å². The van der Waals surface area contributed by atoms with Crippen molar-refractivity contribution in [3.05, 3.63) is 77.9 Å². The molecule has 0 radical (unpaired) electrons. The largest absolute Gasteiger partial charge is 0.355 e. The quantitative estimate of drug-likeness (QED) is 0.583. The molecule has 2 aromatic carbocycles. The van der Waals surface area contributed by atoms with Gasteiger partial charge in [-0.2, -0.15) is 4.98 Å². The molecule has 2 N–H and O–H groups in total. The predicted octanol–water partition coefficient (Wildman–Crippen LogP) is 3.81. The molecule has 2 aromatic heterocycles. The predicted molar refractivity (Wildman–Crippen MR) is 106 cm³/mol. The Morgan fingerprint density at radius 2 is 1.78 bits per heavy atom. The van der Waals surface area contributed by atoms with Crippen molar-refractivity contribution in [3.63, 3.8) is 0 Å². The normalized spacial score (nSPS) is 10.7. The molecule has 134 valence electrons. The van der Waals surface area contributed by atoms with Crippen LogP contribution in [0.25, 0.3) is 16.9 Å². The lowest BCUT2D eigenvalue weighted by atomic mass is 10.1. The molecule has 27 heavy (non-hydrogen) atoms. The maximum atomic E-state index is 11.6. The molecule has 0 bridgehead atoms. The second-order valence-electron chi connectivity index (χ2n) is 6.27. The molecule has 4 aromatic rings. The Kier molecular flexibility index (Phi) is 4.30. The van der Waals surface area contributed by atoms with Crippen LogP contribution in [0.15, 0.2) is 66.7 Å². The summed E-state index contributed by atoms with van der Waals surface area (Å²) >= 11 is 0. The molecule has 4 rings (SSSR count). The highest BCUT2D eigenvalue weighted by Crippen LogP contribution is 2.23. The van der Waals surface area contributed by atoms with Crippen LogP contribution in [0.3, 0.4) is 0 Å². The summed E-state index contributed by atoms with van der Waals surface area (Å²) in [6.07, 6.45) is 0. The summed E-state index contributed by atoms with van der Waals surface area (Å²) in [5, 5.41) is 10.4. The number of amides is 1. The first-order valence-electron chi connectivity index (χ1n) is 8.66. The highest BCUT2D eigenvalue weighted by atomic mass is 16.1. The van der Waals surface area contributed by atoms with Crippen molar-refractivity contribution in [1.29, 1.82) is 0 Å². The summed E-state index contributed by atoms with van der Waals surface area (Å²) in [6, 6.07) is 21.4. The lowest BCUT2D eigenvalue weighted by Crippen LogP contribution is -2.17. The number of nitrogens with one attached hydrogen (secondary N) is 2. The monoisotopic (exact) mass is 357 g/mol. The Morgan fingerprint density at radius 3 is 2.52 bits per heavy atom. The van der Waals surface area contributed by atoms with E-state index >= 15 is 0 Å². The van der Waals surface area contributed by atoms with E-state index < -0.39 is 0 Å². The molecule has 1 amide bonds. The van der Waals surface area contributed by atoms with Gasteiger partial charge in [0.2, 0.25) is 5.95 Å². The van der Waals surface area contributed by atoms with E-state index in [-0.39, 0.29) is 5.91 Å². The van der Waals surface area contributed by atoms with Gasteiger partial charge in [0.05, 0.1) is 5.69 Å². The van der Waals surface area contributed by atoms with Gasteiger partial charge in [-0.3, -0.25) is 4.79 Å². The van der Waals surface area contributed by atoms with Gasteiger partial charge in [0.1, 0.15) is 0 Å². The van der Waals surface area contributed by atoms with Crippen LogP contribution in [0.2, 0.25) is 0 Å². The molecule has 2 heterocycles. The maximum absolute atomic E-state index is 11.6. The van der Waals surface area contributed by atoms with Gasteiger partial charge in [-0.1, -0.05) is 29.8 Å². The first kappa shape index (κ1) is 16.8. The Balaban J connectivity index is 1.66. The van der Waals surface area contributed by atoms with E-state index in [0.717, 1.165) is 22.6 Å². The van der Waals surface area contributed by atoms with Crippen LogP contribution in [0.5, 0.6) is 0 Å². The molecular formula is C21H19N5O. The van der Waals surface area contributed by atoms with Crippen molar-refractivity contribution < 1.29 is 4.79 Å². The van der Waals surface area contributed by atoms with Crippen LogP contribution in [-0.2, 0) is 0 Å². The zero-order chi connectivity index (χ0) is 18.8. The number of nitrogens with zero attached hydrogens (tertiary/aromatic N) is 3. The van der Waals surface area contributed by atoms with Crippen LogP contribution in [0.1, 0.15) is 15.9 Å². The molecule has 6 heteroatoms. The average molecular weight is 357 g/mol. The first-order chi connectivity index (χ1) is 13.1. The van der Waals surface area contributed by atoms with E-state index in [9.17, 15) is 4.79 Å². The van der Waals surface area contributed by atoms with Gasteiger partial charge in [0.25, 0.3) is 5.91 Å². The molecule has 0 atom stereocenters. The van der Waals surface area contributed by atoms with Crippen molar-refractivity contribution >= 4 is 23.2 Å². The number of aromatic nitrogens is 3. The van der Waals surface area contributed by atoms with Crippen LogP contribution in [0.4, 0.5) is 11.6 Å². The van der Waals surface area contributed by atoms with Gasteiger partial charge in [-0.15, -0.1) is 5.10 Å². The van der Waals surface area contributed by atoms with Gasteiger partial charge in [-0.25, -0.2) is 4.52 Å². The third kappa shape index (κ3) is 3.37. The first-order valence-corrected chi connectivity index (χ1v) is 8.66. The molecule has 0 saturated heterocycles. The van der Waals surface area contributed by atoms with Gasteiger partial charge >= 0.3 is 0 Å². The van der Waals surface area contributed by atoms with E-state index in [4.69, 9.17) is 0 Å². The second kappa shape index (κ2) is 6.92.